The molecule has 0 aliphatic rings. The lowest BCUT2D eigenvalue weighted by Gasteiger charge is -2.39. The molecule has 0 fully saturated rings. The molecule has 0 heterocycles. The molecule has 0 saturated carbocycles. The van der Waals surface area contributed by atoms with Crippen LogP contribution in [-0.2, 0) is 52.5 Å². The molecule has 382 valence electrons. The molecule has 11 heteroatoms. The number of hydrogen-bond acceptors (Lipinski definition) is 11. The van der Waals surface area contributed by atoms with Crippen LogP contribution in [0.2, 0.25) is 0 Å². The first-order valence-corrected chi connectivity index (χ1v) is 20.3. The van der Waals surface area contributed by atoms with Crippen LogP contribution >= 0.6 is 0 Å². The zero-order chi connectivity index (χ0) is 42.4. The maximum absolute atomic E-state index is 13.1. The normalized spacial score (nSPS) is 11.6. The van der Waals surface area contributed by atoms with E-state index in [0.29, 0.717) is 26.2 Å². The second kappa shape index (κ2) is 47.5. The van der Waals surface area contributed by atoms with Crippen molar-refractivity contribution >= 4 is 35.6 Å². The average Bonchev–Trinajstić information content (AvgIpc) is 3.13. The SMILES string of the molecule is C.C.C.C.C.C.C.C.CCCCCCOC(=O)C(C)(C)CC.CCCCCCOC(=O)C(C)(CC(C)(C)C(=O)OC)CC(C)(CC)C(=O)OC.CCCCCCOC(=O)C(C)=O. The lowest BCUT2D eigenvalue weighted by molar-refractivity contribution is -0.167. The molecule has 0 saturated heterocycles. The van der Waals surface area contributed by atoms with Crippen LogP contribution < -0.4 is 0 Å². The summed E-state index contributed by atoms with van der Waals surface area (Å²) in [5.74, 6) is -2.45. The van der Waals surface area contributed by atoms with Crippen molar-refractivity contribution in [2.75, 3.05) is 34.0 Å². The Morgan fingerprint density at radius 2 is 0.742 bits per heavy atom. The molecule has 0 amide bonds. The summed E-state index contributed by atoms with van der Waals surface area (Å²) in [5.41, 5.74) is -3.08. The average molecular weight is 901 g/mol. The molecular formula is C51H112O11. The smallest absolute Gasteiger partial charge is 0.374 e. The molecule has 0 aromatic carbocycles. The van der Waals surface area contributed by atoms with Crippen LogP contribution in [0, 0.1) is 21.7 Å². The van der Waals surface area contributed by atoms with E-state index >= 15 is 0 Å². The number of rotatable bonds is 26. The Kier molecular flexibility index (Phi) is 66.0. The molecule has 0 aliphatic heterocycles. The first-order valence-electron chi connectivity index (χ1n) is 20.3. The summed E-state index contributed by atoms with van der Waals surface area (Å²) in [4.78, 5) is 70.2. The van der Waals surface area contributed by atoms with Gasteiger partial charge in [-0.05, 0) is 86.5 Å². The first kappa shape index (κ1) is 86.2. The molecule has 0 rings (SSSR count). The summed E-state index contributed by atoms with van der Waals surface area (Å²) in [6.45, 7) is 23.7. The lowest BCUT2D eigenvalue weighted by Crippen LogP contribution is -2.44. The van der Waals surface area contributed by atoms with E-state index in [4.69, 9.17) is 18.9 Å². The van der Waals surface area contributed by atoms with Gasteiger partial charge in [0.05, 0.1) is 55.7 Å². The molecule has 0 aliphatic carbocycles. The predicted octanol–water partition coefficient (Wildman–Crippen LogP) is 15.0. The third-order valence-corrected chi connectivity index (χ3v) is 9.72. The number of Topliss-reactive ketones (excluding diaryl/α,β-unsaturated/α-hetero) is 1. The van der Waals surface area contributed by atoms with E-state index in [-0.39, 0.29) is 95.6 Å². The number of ketones is 1. The molecule has 0 radical (unpaired) electrons. The summed E-state index contributed by atoms with van der Waals surface area (Å²) in [7, 11) is 2.68. The van der Waals surface area contributed by atoms with Gasteiger partial charge < -0.3 is 23.7 Å². The number of ether oxygens (including phenoxy) is 5. The van der Waals surface area contributed by atoms with Crippen LogP contribution in [0.5, 0.6) is 0 Å². The Bertz CT molecular complexity index is 1080. The molecule has 0 N–H and O–H groups in total. The third kappa shape index (κ3) is 38.7. The van der Waals surface area contributed by atoms with Crippen LogP contribution in [-0.4, -0.2) is 69.7 Å². The molecule has 0 bridgehead atoms. The Hall–Kier alpha value is -2.98. The van der Waals surface area contributed by atoms with E-state index in [2.05, 4.69) is 25.5 Å². The van der Waals surface area contributed by atoms with Gasteiger partial charge in [0.25, 0.3) is 0 Å². The second-order valence-electron chi connectivity index (χ2n) is 16.1. The van der Waals surface area contributed by atoms with Gasteiger partial charge in [-0.25, -0.2) is 4.79 Å². The van der Waals surface area contributed by atoms with Crippen LogP contribution in [0.1, 0.15) is 245 Å². The second-order valence-corrected chi connectivity index (χ2v) is 16.1. The minimum absolute atomic E-state index is 0. The van der Waals surface area contributed by atoms with E-state index in [1.807, 2.05) is 27.7 Å². The Balaban J connectivity index is -0.0000000728. The predicted molar refractivity (Wildman–Crippen MR) is 267 cm³/mol. The monoisotopic (exact) mass is 901 g/mol. The van der Waals surface area contributed by atoms with Crippen molar-refractivity contribution in [2.45, 2.75) is 245 Å². The number of carbonyl (C=O) groups excluding carboxylic acids is 6. The maximum atomic E-state index is 13.1. The van der Waals surface area contributed by atoms with Gasteiger partial charge in [0.1, 0.15) is 0 Å². The molecule has 11 nitrogen and oxygen atoms in total. The largest absolute Gasteiger partial charge is 0.469 e. The van der Waals surface area contributed by atoms with Crippen LogP contribution in [0.15, 0.2) is 0 Å². The van der Waals surface area contributed by atoms with Gasteiger partial charge >= 0.3 is 29.8 Å². The zero-order valence-electron chi connectivity index (χ0n) is 36.9. The quantitative estimate of drug-likeness (QED) is 0.0353. The van der Waals surface area contributed by atoms with Crippen LogP contribution in [0.3, 0.4) is 0 Å². The minimum atomic E-state index is -1.03. The van der Waals surface area contributed by atoms with Gasteiger partial charge in [-0.2, -0.15) is 0 Å². The third-order valence-electron chi connectivity index (χ3n) is 9.72. The van der Waals surface area contributed by atoms with E-state index < -0.39 is 34.0 Å². The van der Waals surface area contributed by atoms with E-state index in [0.717, 1.165) is 70.6 Å². The van der Waals surface area contributed by atoms with Crippen LogP contribution in [0.4, 0.5) is 0 Å². The Morgan fingerprint density at radius 1 is 0.387 bits per heavy atom. The highest BCUT2D eigenvalue weighted by Gasteiger charge is 2.49. The van der Waals surface area contributed by atoms with E-state index in [9.17, 15) is 28.8 Å². The van der Waals surface area contributed by atoms with Crippen molar-refractivity contribution in [2.24, 2.45) is 21.7 Å². The van der Waals surface area contributed by atoms with Crippen molar-refractivity contribution in [1.82, 2.24) is 0 Å². The highest BCUT2D eigenvalue weighted by Crippen LogP contribution is 2.45. The number of carbonyl (C=O) groups is 6. The Labute approximate surface area is 388 Å². The van der Waals surface area contributed by atoms with Gasteiger partial charge in [0.2, 0.25) is 5.78 Å². The van der Waals surface area contributed by atoms with Gasteiger partial charge in [-0.1, -0.05) is 152 Å². The summed E-state index contributed by atoms with van der Waals surface area (Å²) in [5, 5.41) is 0. The summed E-state index contributed by atoms with van der Waals surface area (Å²) in [6, 6.07) is 0. The fourth-order valence-electron chi connectivity index (χ4n) is 5.68. The van der Waals surface area contributed by atoms with Gasteiger partial charge in [-0.15, -0.1) is 0 Å². The standard InChI is InChI=1S/C22H40O6.C12H24O2.C9H16O3.8CH4/c1-9-11-12-13-14-28-19(25)22(6,15-20(3,4)17(23)26-7)16-21(5,10-2)18(24)27-8;1-5-7-8-9-10-14-11(13)12(3,4)6-2;1-3-4-5-6-7-12-9(11)8(2)10;;;;;;;;/h9-16H2,1-8H3;5-10H2,1-4H3;3-7H2,1-2H3;8*1H4. The summed E-state index contributed by atoms with van der Waals surface area (Å²) in [6.07, 6.45) is 14.6. The van der Waals surface area contributed by atoms with Crippen molar-refractivity contribution < 1.29 is 52.5 Å². The topological polar surface area (TPSA) is 149 Å². The number of esters is 5. The van der Waals surface area contributed by atoms with E-state index in [1.165, 1.54) is 34.0 Å². The molecule has 0 aromatic rings. The first-order chi connectivity index (χ1) is 25.1. The summed E-state index contributed by atoms with van der Waals surface area (Å²) < 4.78 is 25.3. The molecular weight excluding hydrogens is 789 g/mol. The van der Waals surface area contributed by atoms with Gasteiger partial charge in [0, 0.05) is 6.92 Å². The highest BCUT2D eigenvalue weighted by atomic mass is 16.5. The molecule has 62 heavy (non-hydrogen) atoms. The minimum Gasteiger partial charge on any atom is -0.469 e. The van der Waals surface area contributed by atoms with Crippen molar-refractivity contribution in [3.8, 4) is 0 Å². The van der Waals surface area contributed by atoms with Crippen molar-refractivity contribution in [1.29, 1.82) is 0 Å². The van der Waals surface area contributed by atoms with Gasteiger partial charge in [-0.3, -0.25) is 24.0 Å². The number of methoxy groups -OCH3 is 2. The lowest BCUT2D eigenvalue weighted by atomic mass is 9.65. The number of hydrogen-bond donors (Lipinski definition) is 0. The van der Waals surface area contributed by atoms with Crippen molar-refractivity contribution in [3.05, 3.63) is 0 Å². The van der Waals surface area contributed by atoms with Gasteiger partial charge in [0.15, 0.2) is 0 Å². The molecule has 2 unspecified atom stereocenters. The highest BCUT2D eigenvalue weighted by molar-refractivity contribution is 6.32. The molecule has 0 aromatic heterocycles. The maximum Gasteiger partial charge on any atom is 0.374 e. The van der Waals surface area contributed by atoms with E-state index in [1.54, 1.807) is 27.7 Å². The van der Waals surface area contributed by atoms with Crippen molar-refractivity contribution in [3.63, 3.8) is 0 Å². The van der Waals surface area contributed by atoms with Crippen LogP contribution in [0.25, 0.3) is 0 Å². The fourth-order valence-corrected chi connectivity index (χ4v) is 5.68. The zero-order valence-corrected chi connectivity index (χ0v) is 36.9. The molecule has 0 spiro atoms. The fraction of sp³-hybridized carbons (Fsp3) is 0.882. The number of unbranched alkanes of at least 4 members (excludes halogenated alkanes) is 9. The summed E-state index contributed by atoms with van der Waals surface area (Å²) >= 11 is 0. The Morgan fingerprint density at radius 3 is 1.05 bits per heavy atom. The molecule has 2 atom stereocenters.